The lowest BCUT2D eigenvalue weighted by molar-refractivity contribution is -0.146. The molecule has 0 unspecified atom stereocenters. The number of rotatable bonds is 4. The first-order valence-corrected chi connectivity index (χ1v) is 8.70. The van der Waals surface area contributed by atoms with Crippen LogP contribution in [0.4, 0.5) is 0 Å². The second-order valence-corrected chi connectivity index (χ2v) is 6.96. The molecule has 1 atom stereocenters. The highest BCUT2D eigenvalue weighted by Gasteiger charge is 2.48. The Kier molecular flexibility index (Phi) is 4.69. The summed E-state index contributed by atoms with van der Waals surface area (Å²) in [5.41, 5.74) is 1.03. The molecule has 23 heavy (non-hydrogen) atoms. The van der Waals surface area contributed by atoms with Crippen molar-refractivity contribution in [1.29, 1.82) is 0 Å². The molecule has 0 saturated carbocycles. The van der Waals surface area contributed by atoms with Crippen LogP contribution in [-0.4, -0.2) is 47.8 Å². The van der Waals surface area contributed by atoms with Crippen molar-refractivity contribution in [1.82, 2.24) is 9.80 Å². The number of likely N-dealkylation sites (tertiary alicyclic amines) is 2. The van der Waals surface area contributed by atoms with Crippen LogP contribution in [0.25, 0.3) is 0 Å². The number of hydrogen-bond donors (Lipinski definition) is 0. The number of nitrogens with zero attached hydrogens (tertiary/aromatic N) is 2. The van der Waals surface area contributed by atoms with Gasteiger partial charge < -0.3 is 9.80 Å². The van der Waals surface area contributed by atoms with E-state index in [1.54, 1.807) is 6.92 Å². The fourth-order valence-electron chi connectivity index (χ4n) is 4.00. The third-order valence-corrected chi connectivity index (χ3v) is 5.36. The van der Waals surface area contributed by atoms with E-state index in [0.29, 0.717) is 6.54 Å². The van der Waals surface area contributed by atoms with E-state index in [1.807, 2.05) is 15.9 Å². The van der Waals surface area contributed by atoms with Gasteiger partial charge in [-0.15, -0.1) is 0 Å². The van der Waals surface area contributed by atoms with Crippen molar-refractivity contribution in [2.75, 3.05) is 26.2 Å². The first kappa shape index (κ1) is 16.0. The maximum absolute atomic E-state index is 12.9. The summed E-state index contributed by atoms with van der Waals surface area (Å²) in [6.45, 7) is 4.66. The molecule has 124 valence electrons. The summed E-state index contributed by atoms with van der Waals surface area (Å²) in [7, 11) is 0. The second kappa shape index (κ2) is 6.73. The van der Waals surface area contributed by atoms with Gasteiger partial charge in [-0.25, -0.2) is 0 Å². The molecule has 3 rings (SSSR count). The Balaban J connectivity index is 1.56. The van der Waals surface area contributed by atoms with Crippen molar-refractivity contribution in [3.8, 4) is 0 Å². The first-order chi connectivity index (χ1) is 11.1. The molecule has 0 aromatic heterocycles. The number of amides is 2. The van der Waals surface area contributed by atoms with E-state index in [2.05, 4.69) is 24.3 Å². The van der Waals surface area contributed by atoms with E-state index < -0.39 is 0 Å². The predicted molar refractivity (Wildman–Crippen MR) is 89.9 cm³/mol. The molecule has 4 heteroatoms. The molecule has 2 amide bonds. The average molecular weight is 314 g/mol. The van der Waals surface area contributed by atoms with E-state index >= 15 is 0 Å². The van der Waals surface area contributed by atoms with Crippen molar-refractivity contribution in [3.05, 3.63) is 35.9 Å². The highest BCUT2D eigenvalue weighted by atomic mass is 16.2. The Labute approximate surface area is 138 Å². The number of benzene rings is 1. The highest BCUT2D eigenvalue weighted by molar-refractivity contribution is 5.85. The lowest BCUT2D eigenvalue weighted by Crippen LogP contribution is -2.50. The Bertz CT molecular complexity index is 572. The normalized spacial score (nSPS) is 24.5. The zero-order valence-corrected chi connectivity index (χ0v) is 14.0. The van der Waals surface area contributed by atoms with Crippen molar-refractivity contribution < 1.29 is 9.59 Å². The van der Waals surface area contributed by atoms with Crippen LogP contribution >= 0.6 is 0 Å². The van der Waals surface area contributed by atoms with Gasteiger partial charge in [0.25, 0.3) is 0 Å². The van der Waals surface area contributed by atoms with E-state index in [9.17, 15) is 9.59 Å². The molecule has 1 aromatic rings. The van der Waals surface area contributed by atoms with Gasteiger partial charge in [-0.2, -0.15) is 0 Å². The summed E-state index contributed by atoms with van der Waals surface area (Å²) < 4.78 is 0. The lowest BCUT2D eigenvalue weighted by atomic mass is 9.78. The lowest BCUT2D eigenvalue weighted by Gasteiger charge is -2.39. The van der Waals surface area contributed by atoms with E-state index in [1.165, 1.54) is 5.56 Å². The van der Waals surface area contributed by atoms with Crippen molar-refractivity contribution in [3.63, 3.8) is 0 Å². The predicted octanol–water partition coefficient (Wildman–Crippen LogP) is 2.48. The molecule has 2 aliphatic heterocycles. The van der Waals surface area contributed by atoms with Gasteiger partial charge in [-0.05, 0) is 37.7 Å². The monoisotopic (exact) mass is 314 g/mol. The summed E-state index contributed by atoms with van der Waals surface area (Å²) >= 11 is 0. The van der Waals surface area contributed by atoms with E-state index in [4.69, 9.17) is 0 Å². The van der Waals surface area contributed by atoms with Crippen LogP contribution in [0.2, 0.25) is 0 Å². The molecular weight excluding hydrogens is 288 g/mol. The van der Waals surface area contributed by atoms with Crippen molar-refractivity contribution >= 4 is 11.8 Å². The van der Waals surface area contributed by atoms with Gasteiger partial charge in [0.15, 0.2) is 0 Å². The SMILES string of the molecule is CC(=O)N1CC[C@]2(CCCN(CCCc3ccccc3)C2=O)C1. The van der Waals surface area contributed by atoms with Gasteiger partial charge in [-0.1, -0.05) is 30.3 Å². The minimum atomic E-state index is -0.295. The standard InChI is InChI=1S/C19H26N2O2/c1-16(22)21-14-11-19(15-21)10-6-13-20(18(19)23)12-5-9-17-7-3-2-4-8-17/h2-4,7-8H,5-6,9-15H2,1H3/t19-/m1/s1. The third-order valence-electron chi connectivity index (χ3n) is 5.36. The van der Waals surface area contributed by atoms with Gasteiger partial charge in [-0.3, -0.25) is 9.59 Å². The Hall–Kier alpha value is -1.84. The molecule has 4 nitrogen and oxygen atoms in total. The summed E-state index contributed by atoms with van der Waals surface area (Å²) in [5.74, 6) is 0.372. The van der Waals surface area contributed by atoms with Crippen LogP contribution in [-0.2, 0) is 16.0 Å². The fourth-order valence-corrected chi connectivity index (χ4v) is 4.00. The largest absolute Gasteiger partial charge is 0.342 e. The molecule has 2 fully saturated rings. The van der Waals surface area contributed by atoms with Gasteiger partial charge in [0.05, 0.1) is 5.41 Å². The molecule has 0 bridgehead atoms. The minimum absolute atomic E-state index is 0.0934. The molecule has 2 aliphatic rings. The van der Waals surface area contributed by atoms with E-state index in [-0.39, 0.29) is 17.2 Å². The molecule has 0 N–H and O–H groups in total. The van der Waals surface area contributed by atoms with Crippen LogP contribution in [0.1, 0.15) is 38.2 Å². The highest BCUT2D eigenvalue weighted by Crippen LogP contribution is 2.40. The van der Waals surface area contributed by atoms with Gasteiger partial charge in [0.1, 0.15) is 0 Å². The van der Waals surface area contributed by atoms with Crippen LogP contribution < -0.4 is 0 Å². The van der Waals surface area contributed by atoms with Crippen LogP contribution in [0.15, 0.2) is 30.3 Å². The molecule has 0 aliphatic carbocycles. The number of hydrogen-bond acceptors (Lipinski definition) is 2. The van der Waals surface area contributed by atoms with Gasteiger partial charge in [0, 0.05) is 33.1 Å². The Morgan fingerprint density at radius 1 is 1.17 bits per heavy atom. The Morgan fingerprint density at radius 2 is 1.96 bits per heavy atom. The fraction of sp³-hybridized carbons (Fsp3) is 0.579. The first-order valence-electron chi connectivity index (χ1n) is 8.70. The Morgan fingerprint density at radius 3 is 2.65 bits per heavy atom. The zero-order chi connectivity index (χ0) is 16.3. The number of carbonyl (C=O) groups is 2. The molecule has 0 radical (unpaired) electrons. The molecular formula is C19H26N2O2. The van der Waals surface area contributed by atoms with Crippen molar-refractivity contribution in [2.45, 2.75) is 39.0 Å². The summed E-state index contributed by atoms with van der Waals surface area (Å²) in [6.07, 6.45) is 4.84. The molecule has 2 heterocycles. The maximum atomic E-state index is 12.9. The number of aryl methyl sites for hydroxylation is 1. The maximum Gasteiger partial charge on any atom is 0.230 e. The number of piperidine rings is 1. The topological polar surface area (TPSA) is 40.6 Å². The van der Waals surface area contributed by atoms with Gasteiger partial charge >= 0.3 is 0 Å². The van der Waals surface area contributed by atoms with Crippen LogP contribution in [0.3, 0.4) is 0 Å². The zero-order valence-electron chi connectivity index (χ0n) is 14.0. The van der Waals surface area contributed by atoms with Crippen LogP contribution in [0, 0.1) is 5.41 Å². The summed E-state index contributed by atoms with van der Waals surface area (Å²) in [6, 6.07) is 10.4. The van der Waals surface area contributed by atoms with Gasteiger partial charge in [0.2, 0.25) is 11.8 Å². The summed E-state index contributed by atoms with van der Waals surface area (Å²) in [5, 5.41) is 0. The molecule has 1 spiro atoms. The van der Waals surface area contributed by atoms with E-state index in [0.717, 1.165) is 51.7 Å². The molecule has 2 saturated heterocycles. The quantitative estimate of drug-likeness (QED) is 0.856. The smallest absolute Gasteiger partial charge is 0.230 e. The van der Waals surface area contributed by atoms with Crippen LogP contribution in [0.5, 0.6) is 0 Å². The second-order valence-electron chi connectivity index (χ2n) is 6.96. The third kappa shape index (κ3) is 3.41. The minimum Gasteiger partial charge on any atom is -0.342 e. The number of carbonyl (C=O) groups excluding carboxylic acids is 2. The van der Waals surface area contributed by atoms with Crippen molar-refractivity contribution in [2.24, 2.45) is 5.41 Å². The average Bonchev–Trinajstić information content (AvgIpc) is 2.98. The summed E-state index contributed by atoms with van der Waals surface area (Å²) in [4.78, 5) is 28.4. The molecule has 1 aromatic carbocycles.